The van der Waals surface area contributed by atoms with Gasteiger partial charge in [-0.3, -0.25) is 10.1 Å². The first-order valence-electron chi connectivity index (χ1n) is 5.78. The van der Waals surface area contributed by atoms with Crippen molar-refractivity contribution in [1.29, 1.82) is 0 Å². The highest BCUT2D eigenvalue weighted by molar-refractivity contribution is 9.10. The second kappa shape index (κ2) is 6.15. The molecule has 18 heavy (non-hydrogen) atoms. The fourth-order valence-electron chi connectivity index (χ4n) is 1.57. The van der Waals surface area contributed by atoms with Crippen molar-refractivity contribution in [2.45, 2.75) is 38.4 Å². The molecule has 0 fully saturated rings. The Morgan fingerprint density at radius 2 is 2.00 bits per heavy atom. The van der Waals surface area contributed by atoms with E-state index in [1.165, 1.54) is 0 Å². The number of nitro benzene ring substituents is 1. The zero-order valence-corrected chi connectivity index (χ0v) is 13.9. The van der Waals surface area contributed by atoms with Crippen LogP contribution in [0.2, 0.25) is 0 Å². The molecule has 0 amide bonds. The minimum absolute atomic E-state index is 0.122. The molecule has 0 aliphatic heterocycles. The topological polar surface area (TPSA) is 43.1 Å². The number of rotatable bonds is 4. The summed E-state index contributed by atoms with van der Waals surface area (Å²) in [6.07, 6.45) is 1.89. The summed E-state index contributed by atoms with van der Waals surface area (Å²) in [7, 11) is 0. The molecule has 1 rings (SSSR count). The Balaban J connectivity index is 2.72. The first kappa shape index (κ1) is 15.6. The molecule has 0 aliphatic rings. The van der Waals surface area contributed by atoms with E-state index in [1.807, 2.05) is 6.07 Å². The molecule has 1 unspecified atom stereocenters. The fourth-order valence-corrected chi connectivity index (χ4v) is 2.36. The third kappa shape index (κ3) is 4.35. The minimum atomic E-state index is -0.378. The number of hydrogen-bond acceptors (Lipinski definition) is 2. The first-order chi connectivity index (χ1) is 8.21. The summed E-state index contributed by atoms with van der Waals surface area (Å²) in [5.74, 6) is 0. The maximum Gasteiger partial charge on any atom is 0.270 e. The van der Waals surface area contributed by atoms with E-state index < -0.39 is 0 Å². The summed E-state index contributed by atoms with van der Waals surface area (Å²) in [5.41, 5.74) is 1.44. The average Bonchev–Trinajstić information content (AvgIpc) is 2.25. The van der Waals surface area contributed by atoms with Gasteiger partial charge in [-0.2, -0.15) is 0 Å². The Morgan fingerprint density at radius 3 is 2.44 bits per heavy atom. The van der Waals surface area contributed by atoms with Gasteiger partial charge in [0.25, 0.3) is 5.69 Å². The molecule has 0 radical (unpaired) electrons. The van der Waals surface area contributed by atoms with Gasteiger partial charge in [0.05, 0.1) is 4.92 Å². The SMILES string of the molecule is CC(C)(C)C(Br)CCc1ccc([N+](=O)[O-])cc1Br. The number of non-ortho nitro benzene ring substituents is 1. The number of halogens is 2. The third-order valence-electron chi connectivity index (χ3n) is 2.85. The lowest BCUT2D eigenvalue weighted by Crippen LogP contribution is -2.20. The maximum absolute atomic E-state index is 10.6. The largest absolute Gasteiger partial charge is 0.270 e. The van der Waals surface area contributed by atoms with Crippen molar-refractivity contribution in [2.75, 3.05) is 0 Å². The average molecular weight is 379 g/mol. The van der Waals surface area contributed by atoms with E-state index in [0.29, 0.717) is 4.83 Å². The van der Waals surface area contributed by atoms with Crippen molar-refractivity contribution in [1.82, 2.24) is 0 Å². The van der Waals surface area contributed by atoms with Gasteiger partial charge in [0.15, 0.2) is 0 Å². The quantitative estimate of drug-likeness (QED) is 0.415. The molecular formula is C13H17Br2NO2. The van der Waals surface area contributed by atoms with E-state index >= 15 is 0 Å². The second-order valence-corrected chi connectivity index (χ2v) is 7.36. The zero-order valence-electron chi connectivity index (χ0n) is 10.7. The second-order valence-electron chi connectivity index (χ2n) is 5.41. The summed E-state index contributed by atoms with van der Waals surface area (Å²) in [6.45, 7) is 6.58. The van der Waals surface area contributed by atoms with Gasteiger partial charge in [0.1, 0.15) is 0 Å². The van der Waals surface area contributed by atoms with E-state index in [2.05, 4.69) is 52.6 Å². The summed E-state index contributed by atoms with van der Waals surface area (Å²) >= 11 is 7.09. The van der Waals surface area contributed by atoms with Gasteiger partial charge in [0, 0.05) is 21.4 Å². The normalized spacial score (nSPS) is 13.4. The van der Waals surface area contributed by atoms with E-state index in [9.17, 15) is 10.1 Å². The first-order valence-corrected chi connectivity index (χ1v) is 7.49. The van der Waals surface area contributed by atoms with Crippen LogP contribution in [-0.4, -0.2) is 9.75 Å². The van der Waals surface area contributed by atoms with Crippen LogP contribution < -0.4 is 0 Å². The molecule has 3 nitrogen and oxygen atoms in total. The molecule has 0 spiro atoms. The van der Waals surface area contributed by atoms with Gasteiger partial charge in [-0.05, 0) is 23.8 Å². The van der Waals surface area contributed by atoms with E-state index in [0.717, 1.165) is 22.9 Å². The number of benzene rings is 1. The number of alkyl halides is 1. The minimum Gasteiger partial charge on any atom is -0.258 e. The van der Waals surface area contributed by atoms with Crippen molar-refractivity contribution < 1.29 is 4.92 Å². The molecule has 5 heteroatoms. The Morgan fingerprint density at radius 1 is 1.39 bits per heavy atom. The summed E-state index contributed by atoms with van der Waals surface area (Å²) in [6, 6.07) is 4.95. The smallest absolute Gasteiger partial charge is 0.258 e. The highest BCUT2D eigenvalue weighted by Gasteiger charge is 2.21. The molecule has 0 aromatic heterocycles. The Kier molecular flexibility index (Phi) is 5.34. The van der Waals surface area contributed by atoms with E-state index in [-0.39, 0.29) is 16.0 Å². The number of nitro groups is 1. The lowest BCUT2D eigenvalue weighted by atomic mass is 9.89. The molecule has 1 atom stereocenters. The highest BCUT2D eigenvalue weighted by Crippen LogP contribution is 2.31. The lowest BCUT2D eigenvalue weighted by molar-refractivity contribution is -0.384. The van der Waals surface area contributed by atoms with Crippen LogP contribution in [-0.2, 0) is 6.42 Å². The van der Waals surface area contributed by atoms with Gasteiger partial charge in [0.2, 0.25) is 0 Å². The number of hydrogen-bond donors (Lipinski definition) is 0. The molecule has 0 aliphatic carbocycles. The molecule has 0 saturated heterocycles. The molecule has 0 saturated carbocycles. The van der Waals surface area contributed by atoms with E-state index in [4.69, 9.17) is 0 Å². The van der Waals surface area contributed by atoms with Crippen molar-refractivity contribution in [3.05, 3.63) is 38.3 Å². The summed E-state index contributed by atoms with van der Waals surface area (Å²) in [5, 5.41) is 10.6. The fraction of sp³-hybridized carbons (Fsp3) is 0.538. The van der Waals surface area contributed by atoms with Gasteiger partial charge < -0.3 is 0 Å². The zero-order chi connectivity index (χ0) is 13.9. The molecule has 0 heterocycles. The van der Waals surface area contributed by atoms with Crippen LogP contribution >= 0.6 is 31.9 Å². The van der Waals surface area contributed by atoms with Crippen LogP contribution in [0.3, 0.4) is 0 Å². The molecule has 1 aromatic rings. The summed E-state index contributed by atoms with van der Waals surface area (Å²) < 4.78 is 0.810. The molecule has 100 valence electrons. The van der Waals surface area contributed by atoms with Crippen molar-refractivity contribution in [3.63, 3.8) is 0 Å². The van der Waals surface area contributed by atoms with Crippen molar-refractivity contribution >= 4 is 37.5 Å². The number of nitrogens with zero attached hydrogens (tertiary/aromatic N) is 1. The molecule has 0 bridgehead atoms. The lowest BCUT2D eigenvalue weighted by Gasteiger charge is -2.25. The van der Waals surface area contributed by atoms with Crippen LogP contribution in [0.15, 0.2) is 22.7 Å². The predicted molar refractivity (Wildman–Crippen MR) is 81.3 cm³/mol. The van der Waals surface area contributed by atoms with Gasteiger partial charge in [-0.15, -0.1) is 0 Å². The molecular weight excluding hydrogens is 362 g/mol. The standard InChI is InChI=1S/C13H17Br2NO2/c1-13(2,3)12(15)7-5-9-4-6-10(16(17)18)8-11(9)14/h4,6,8,12H,5,7H2,1-3H3. The maximum atomic E-state index is 10.6. The van der Waals surface area contributed by atoms with Crippen LogP contribution in [0, 0.1) is 15.5 Å². The predicted octanol–water partition coefficient (Wildman–Crippen LogP) is 5.10. The molecule has 1 aromatic carbocycles. The third-order valence-corrected chi connectivity index (χ3v) is 5.42. The molecule has 0 N–H and O–H groups in total. The van der Waals surface area contributed by atoms with Gasteiger partial charge in [-0.25, -0.2) is 0 Å². The van der Waals surface area contributed by atoms with Crippen LogP contribution in [0.1, 0.15) is 32.8 Å². The van der Waals surface area contributed by atoms with Crippen LogP contribution in [0.25, 0.3) is 0 Å². The summed E-state index contributed by atoms with van der Waals surface area (Å²) in [4.78, 5) is 10.7. The Hall–Kier alpha value is -0.420. The number of aryl methyl sites for hydroxylation is 1. The van der Waals surface area contributed by atoms with Gasteiger partial charge in [-0.1, -0.05) is 58.7 Å². The van der Waals surface area contributed by atoms with Crippen LogP contribution in [0.5, 0.6) is 0 Å². The van der Waals surface area contributed by atoms with Crippen molar-refractivity contribution in [3.8, 4) is 0 Å². The van der Waals surface area contributed by atoms with Crippen LogP contribution in [0.4, 0.5) is 5.69 Å². The van der Waals surface area contributed by atoms with E-state index in [1.54, 1.807) is 12.1 Å². The van der Waals surface area contributed by atoms with Gasteiger partial charge >= 0.3 is 0 Å². The Bertz CT molecular complexity index is 441. The highest BCUT2D eigenvalue weighted by atomic mass is 79.9. The monoisotopic (exact) mass is 377 g/mol. The Labute approximate surface area is 124 Å². The van der Waals surface area contributed by atoms with Crippen molar-refractivity contribution in [2.24, 2.45) is 5.41 Å².